The molecule has 3 N–H and O–H groups in total. The van der Waals surface area contributed by atoms with Crippen molar-refractivity contribution in [3.63, 3.8) is 0 Å². The maximum absolute atomic E-state index is 9.81. The zero-order valence-corrected chi connectivity index (χ0v) is 12.1. The summed E-state index contributed by atoms with van der Waals surface area (Å²) in [7, 11) is 0. The van der Waals surface area contributed by atoms with Crippen molar-refractivity contribution in [2.75, 3.05) is 12.3 Å². The van der Waals surface area contributed by atoms with Crippen molar-refractivity contribution in [3.05, 3.63) is 21.3 Å². The van der Waals surface area contributed by atoms with E-state index in [1.54, 1.807) is 12.1 Å². The SMILES string of the molecule is CCOc1cc(C=Nn2nnnc2N)cc(I)c1O. The van der Waals surface area contributed by atoms with Gasteiger partial charge >= 0.3 is 0 Å². The molecule has 0 fully saturated rings. The standard InChI is InChI=1S/C10H11IN6O2/c1-2-19-8-4-6(3-7(11)9(8)18)5-13-17-10(12)14-15-16-17/h3-5,18H,2H2,1H3,(H2,12,14,16). The van der Waals surface area contributed by atoms with Crippen LogP contribution in [0.3, 0.4) is 0 Å². The van der Waals surface area contributed by atoms with Crippen molar-refractivity contribution in [3.8, 4) is 11.5 Å². The molecule has 19 heavy (non-hydrogen) atoms. The monoisotopic (exact) mass is 374 g/mol. The number of anilines is 1. The zero-order chi connectivity index (χ0) is 13.8. The highest BCUT2D eigenvalue weighted by atomic mass is 127. The number of aromatic hydroxyl groups is 1. The van der Waals surface area contributed by atoms with Crippen molar-refractivity contribution in [2.45, 2.75) is 6.92 Å². The van der Waals surface area contributed by atoms with E-state index < -0.39 is 0 Å². The van der Waals surface area contributed by atoms with Crippen LogP contribution in [0.15, 0.2) is 17.2 Å². The van der Waals surface area contributed by atoms with E-state index in [1.165, 1.54) is 6.21 Å². The first kappa shape index (κ1) is 13.5. The van der Waals surface area contributed by atoms with Crippen LogP contribution < -0.4 is 10.5 Å². The van der Waals surface area contributed by atoms with Gasteiger partial charge in [-0.25, -0.2) is 0 Å². The number of aromatic nitrogens is 4. The normalized spacial score (nSPS) is 11.1. The van der Waals surface area contributed by atoms with Gasteiger partial charge in [0, 0.05) is 0 Å². The van der Waals surface area contributed by atoms with Crippen molar-refractivity contribution < 1.29 is 9.84 Å². The topological polar surface area (TPSA) is 111 Å². The lowest BCUT2D eigenvalue weighted by atomic mass is 10.2. The molecule has 0 unspecified atom stereocenters. The second-order valence-electron chi connectivity index (χ2n) is 3.45. The molecule has 0 aliphatic heterocycles. The molecule has 2 rings (SSSR count). The smallest absolute Gasteiger partial charge is 0.263 e. The molecule has 100 valence electrons. The molecule has 0 bridgehead atoms. The Hall–Kier alpha value is -1.91. The fourth-order valence-electron chi connectivity index (χ4n) is 1.33. The molecule has 0 saturated heterocycles. The first-order chi connectivity index (χ1) is 9.11. The van der Waals surface area contributed by atoms with Gasteiger partial charge in [-0.3, -0.25) is 0 Å². The number of halogens is 1. The van der Waals surface area contributed by atoms with Crippen molar-refractivity contribution >= 4 is 34.8 Å². The Morgan fingerprint density at radius 2 is 2.37 bits per heavy atom. The third kappa shape index (κ3) is 3.10. The van der Waals surface area contributed by atoms with E-state index in [9.17, 15) is 5.11 Å². The Bertz CT molecular complexity index is 612. The Labute approximate surface area is 122 Å². The molecular weight excluding hydrogens is 363 g/mol. The third-order valence-electron chi connectivity index (χ3n) is 2.14. The number of phenols is 1. The molecule has 0 aliphatic rings. The number of rotatable bonds is 4. The molecule has 0 spiro atoms. The van der Waals surface area contributed by atoms with Crippen LogP contribution in [-0.4, -0.2) is 38.2 Å². The molecule has 0 radical (unpaired) electrons. The lowest BCUT2D eigenvalue weighted by Crippen LogP contribution is -2.00. The number of ether oxygens (including phenoxy) is 1. The summed E-state index contributed by atoms with van der Waals surface area (Å²) in [5, 5.41) is 24.3. The molecule has 9 heteroatoms. The van der Waals surface area contributed by atoms with Crippen molar-refractivity contribution in [2.24, 2.45) is 5.10 Å². The minimum Gasteiger partial charge on any atom is -0.504 e. The summed E-state index contributed by atoms with van der Waals surface area (Å²) in [4.78, 5) is 1.10. The van der Waals surface area contributed by atoms with Gasteiger partial charge in [-0.1, -0.05) is 9.89 Å². The average molecular weight is 374 g/mol. The minimum absolute atomic E-state index is 0.0924. The highest BCUT2D eigenvalue weighted by Crippen LogP contribution is 2.32. The van der Waals surface area contributed by atoms with Crippen LogP contribution in [0.1, 0.15) is 12.5 Å². The first-order valence-electron chi connectivity index (χ1n) is 5.35. The Kier molecular flexibility index (Phi) is 4.14. The van der Waals surface area contributed by atoms with Gasteiger partial charge in [0.25, 0.3) is 5.95 Å². The summed E-state index contributed by atoms with van der Waals surface area (Å²) in [5.41, 5.74) is 6.22. The molecule has 0 aliphatic carbocycles. The summed E-state index contributed by atoms with van der Waals surface area (Å²) in [6, 6.07) is 3.42. The third-order valence-corrected chi connectivity index (χ3v) is 2.97. The highest BCUT2D eigenvalue weighted by Gasteiger charge is 2.08. The van der Waals surface area contributed by atoms with E-state index in [4.69, 9.17) is 10.5 Å². The molecule has 2 aromatic rings. The van der Waals surface area contributed by atoms with Gasteiger partial charge in [0.05, 0.1) is 16.4 Å². The van der Waals surface area contributed by atoms with Crippen LogP contribution in [0, 0.1) is 3.57 Å². The second kappa shape index (κ2) is 5.82. The van der Waals surface area contributed by atoms with E-state index in [2.05, 4.69) is 20.6 Å². The lowest BCUT2D eigenvalue weighted by molar-refractivity contribution is 0.317. The number of hydrogen-bond acceptors (Lipinski definition) is 7. The molecule has 0 amide bonds. The van der Waals surface area contributed by atoms with Crippen LogP contribution in [0.2, 0.25) is 0 Å². The van der Waals surface area contributed by atoms with Crippen LogP contribution in [0.4, 0.5) is 5.95 Å². The largest absolute Gasteiger partial charge is 0.504 e. The number of phenolic OH excluding ortho intramolecular Hbond substituents is 1. The molecule has 8 nitrogen and oxygen atoms in total. The Morgan fingerprint density at radius 3 is 3.00 bits per heavy atom. The van der Waals surface area contributed by atoms with Gasteiger partial charge in [0.2, 0.25) is 0 Å². The number of nitrogens with two attached hydrogens (primary N) is 1. The predicted molar refractivity (Wildman–Crippen MR) is 77.2 cm³/mol. The number of nitrogen functional groups attached to an aromatic ring is 1. The molecule has 0 atom stereocenters. The van der Waals surface area contributed by atoms with Gasteiger partial charge < -0.3 is 15.6 Å². The van der Waals surface area contributed by atoms with Crippen LogP contribution in [0.5, 0.6) is 11.5 Å². The fourth-order valence-corrected chi connectivity index (χ4v) is 1.95. The van der Waals surface area contributed by atoms with Crippen molar-refractivity contribution in [1.82, 2.24) is 20.3 Å². The van der Waals surface area contributed by atoms with Crippen LogP contribution in [0.25, 0.3) is 0 Å². The molecule has 1 heterocycles. The first-order valence-corrected chi connectivity index (χ1v) is 6.43. The summed E-state index contributed by atoms with van der Waals surface area (Å²) >= 11 is 2.01. The summed E-state index contributed by atoms with van der Waals surface area (Å²) in [5.74, 6) is 0.608. The fraction of sp³-hybridized carbons (Fsp3) is 0.200. The van der Waals surface area contributed by atoms with Gasteiger partial charge in [0.1, 0.15) is 0 Å². The highest BCUT2D eigenvalue weighted by molar-refractivity contribution is 14.1. The lowest BCUT2D eigenvalue weighted by Gasteiger charge is -2.08. The van der Waals surface area contributed by atoms with E-state index >= 15 is 0 Å². The van der Waals surface area contributed by atoms with E-state index in [1.807, 2.05) is 29.5 Å². The Morgan fingerprint density at radius 1 is 1.58 bits per heavy atom. The van der Waals surface area contributed by atoms with E-state index in [0.717, 1.165) is 10.4 Å². The van der Waals surface area contributed by atoms with Crippen LogP contribution in [-0.2, 0) is 0 Å². The van der Waals surface area contributed by atoms with Gasteiger partial charge in [-0.05, 0) is 57.6 Å². The van der Waals surface area contributed by atoms with Crippen molar-refractivity contribution in [1.29, 1.82) is 0 Å². The van der Waals surface area contributed by atoms with E-state index in [0.29, 0.717) is 15.9 Å². The summed E-state index contributed by atoms with van der Waals surface area (Å²) in [6.07, 6.45) is 1.52. The van der Waals surface area contributed by atoms with E-state index in [-0.39, 0.29) is 11.7 Å². The molecule has 0 saturated carbocycles. The van der Waals surface area contributed by atoms with Crippen LogP contribution >= 0.6 is 22.6 Å². The summed E-state index contributed by atoms with van der Waals surface area (Å²) in [6.45, 7) is 2.30. The summed E-state index contributed by atoms with van der Waals surface area (Å²) < 4.78 is 5.99. The molecule has 1 aromatic heterocycles. The second-order valence-corrected chi connectivity index (χ2v) is 4.62. The number of nitrogens with zero attached hydrogens (tertiary/aromatic N) is 5. The maximum atomic E-state index is 9.81. The molecule has 1 aromatic carbocycles. The quantitative estimate of drug-likeness (QED) is 0.606. The Balaban J connectivity index is 2.30. The number of hydrogen-bond donors (Lipinski definition) is 2. The van der Waals surface area contributed by atoms with Gasteiger partial charge in [-0.2, -0.15) is 5.10 Å². The number of tetrazole rings is 1. The zero-order valence-electron chi connectivity index (χ0n) is 9.99. The minimum atomic E-state index is 0.0924. The number of benzene rings is 1. The van der Waals surface area contributed by atoms with Gasteiger partial charge in [-0.15, -0.1) is 0 Å². The average Bonchev–Trinajstić information content (AvgIpc) is 2.78. The predicted octanol–water partition coefficient (Wildman–Crippen LogP) is 0.846. The maximum Gasteiger partial charge on any atom is 0.263 e. The van der Waals surface area contributed by atoms with Gasteiger partial charge in [0.15, 0.2) is 11.5 Å². The molecular formula is C10H11IN6O2.